The second-order valence-corrected chi connectivity index (χ2v) is 5.76. The molecule has 0 fully saturated rings. The van der Waals surface area contributed by atoms with Crippen LogP contribution in [0.1, 0.15) is 12.0 Å². The monoisotopic (exact) mass is 357 g/mol. The lowest BCUT2D eigenvalue weighted by atomic mass is 10.0. The summed E-state index contributed by atoms with van der Waals surface area (Å²) in [6.07, 6.45) is -12.6. The first-order valence-corrected chi connectivity index (χ1v) is 6.85. The van der Waals surface area contributed by atoms with Gasteiger partial charge in [0, 0.05) is 10.1 Å². The predicted molar refractivity (Wildman–Crippen MR) is 68.7 cm³/mol. The van der Waals surface area contributed by atoms with Gasteiger partial charge in [-0.15, -0.1) is 11.8 Å². The molecule has 0 heterocycles. The molecule has 0 bridgehead atoms. The summed E-state index contributed by atoms with van der Waals surface area (Å²) in [6.45, 7) is 0. The first-order valence-electron chi connectivity index (χ1n) is 5.97. The van der Waals surface area contributed by atoms with Crippen LogP contribution < -0.4 is 0 Å². The highest BCUT2D eigenvalue weighted by Crippen LogP contribution is 2.47. The van der Waals surface area contributed by atoms with Gasteiger partial charge in [0.1, 0.15) is 0 Å². The third-order valence-electron chi connectivity index (χ3n) is 2.72. The van der Waals surface area contributed by atoms with Gasteiger partial charge in [-0.2, -0.15) is 31.6 Å². The van der Waals surface area contributed by atoms with Crippen LogP contribution in [0.5, 0.6) is 0 Å². The van der Waals surface area contributed by atoms with Gasteiger partial charge in [0.15, 0.2) is 5.92 Å². The number of hydrogen-bond acceptors (Lipinski definition) is 3. The Bertz CT molecular complexity index is 576. The molecule has 0 amide bonds. The number of halogens is 6. The van der Waals surface area contributed by atoms with Gasteiger partial charge in [0.05, 0.1) is 18.1 Å². The van der Waals surface area contributed by atoms with Crippen LogP contribution in [-0.2, 0) is 4.79 Å². The van der Waals surface area contributed by atoms with Crippen molar-refractivity contribution in [3.8, 4) is 6.07 Å². The van der Waals surface area contributed by atoms with Gasteiger partial charge in [-0.1, -0.05) is 0 Å². The van der Waals surface area contributed by atoms with E-state index >= 15 is 0 Å². The zero-order valence-corrected chi connectivity index (χ0v) is 12.0. The normalized spacial score (nSPS) is 13.7. The van der Waals surface area contributed by atoms with E-state index < -0.39 is 35.9 Å². The fourth-order valence-corrected chi connectivity index (χ4v) is 3.10. The maximum Gasteiger partial charge on any atom is 0.401 e. The van der Waals surface area contributed by atoms with E-state index in [1.165, 1.54) is 24.3 Å². The van der Waals surface area contributed by atoms with Crippen molar-refractivity contribution in [2.75, 3.05) is 0 Å². The molecule has 0 saturated carbocycles. The van der Waals surface area contributed by atoms with Crippen LogP contribution in [0.15, 0.2) is 29.2 Å². The second-order valence-electron chi connectivity index (χ2n) is 4.45. The van der Waals surface area contributed by atoms with Gasteiger partial charge in [-0.05, 0) is 24.3 Å². The van der Waals surface area contributed by atoms with Gasteiger partial charge in [-0.25, -0.2) is 0 Å². The molecule has 0 aliphatic rings. The summed E-state index contributed by atoms with van der Waals surface area (Å²) in [7, 11) is 0. The molecule has 0 aromatic heterocycles. The van der Waals surface area contributed by atoms with Crippen molar-refractivity contribution in [3.05, 3.63) is 29.8 Å². The number of alkyl halides is 6. The predicted octanol–water partition coefficient (Wildman–Crippen LogP) is 4.23. The summed E-state index contributed by atoms with van der Waals surface area (Å²) in [6, 6.07) is 6.52. The zero-order chi connectivity index (χ0) is 17.8. The summed E-state index contributed by atoms with van der Waals surface area (Å²) in [5, 5.41) is 15.0. The Hall–Kier alpha value is -1.89. The average Bonchev–Trinajstić information content (AvgIpc) is 2.35. The minimum atomic E-state index is -5.63. The van der Waals surface area contributed by atoms with E-state index in [0.717, 1.165) is 0 Å². The van der Waals surface area contributed by atoms with Crippen LogP contribution >= 0.6 is 11.8 Å². The Balaban J connectivity index is 3.15. The molecule has 0 radical (unpaired) electrons. The quantitative estimate of drug-likeness (QED) is 0.633. The fraction of sp³-hybridized carbons (Fsp3) is 0.385. The van der Waals surface area contributed by atoms with Crippen molar-refractivity contribution in [3.63, 3.8) is 0 Å². The Kier molecular flexibility index (Phi) is 5.93. The van der Waals surface area contributed by atoms with Crippen LogP contribution in [0.3, 0.4) is 0 Å². The molecule has 23 heavy (non-hydrogen) atoms. The lowest BCUT2D eigenvalue weighted by Crippen LogP contribution is -2.44. The molecule has 1 aromatic carbocycles. The van der Waals surface area contributed by atoms with Gasteiger partial charge < -0.3 is 5.11 Å². The molecule has 10 heteroatoms. The van der Waals surface area contributed by atoms with E-state index in [-0.39, 0.29) is 22.2 Å². The maximum atomic E-state index is 12.8. The maximum absolute atomic E-state index is 12.8. The Morgan fingerprint density at radius 2 is 1.61 bits per heavy atom. The van der Waals surface area contributed by atoms with Gasteiger partial charge in [0.2, 0.25) is 0 Å². The van der Waals surface area contributed by atoms with E-state index in [0.29, 0.717) is 0 Å². The summed E-state index contributed by atoms with van der Waals surface area (Å²) >= 11 is 0.168. The van der Waals surface area contributed by atoms with E-state index in [9.17, 15) is 31.1 Å². The average molecular weight is 357 g/mol. The van der Waals surface area contributed by atoms with Crippen LogP contribution in [0.4, 0.5) is 26.3 Å². The molecule has 1 aromatic rings. The molecule has 1 unspecified atom stereocenters. The van der Waals surface area contributed by atoms with Crippen molar-refractivity contribution in [2.45, 2.75) is 28.9 Å². The molecule has 3 nitrogen and oxygen atoms in total. The minimum Gasteiger partial charge on any atom is -0.481 e. The molecule has 0 aliphatic carbocycles. The van der Waals surface area contributed by atoms with E-state index in [1.54, 1.807) is 6.07 Å². The third kappa shape index (κ3) is 5.67. The number of thioether (sulfide) groups is 1. The van der Waals surface area contributed by atoms with Crippen LogP contribution in [0.2, 0.25) is 0 Å². The third-order valence-corrected chi connectivity index (χ3v) is 4.01. The summed E-state index contributed by atoms with van der Waals surface area (Å²) in [5.41, 5.74) is 0.173. The topological polar surface area (TPSA) is 61.1 Å². The summed E-state index contributed by atoms with van der Waals surface area (Å²) in [5.74, 6) is -5.54. The number of carboxylic acids is 1. The fourth-order valence-electron chi connectivity index (χ4n) is 1.79. The summed E-state index contributed by atoms with van der Waals surface area (Å²) in [4.78, 5) is 10.7. The SMILES string of the molecule is N#Cc1ccc(SC(CC(=O)O)C(C(F)(F)F)C(F)(F)F)cc1. The number of carbonyl (C=O) groups is 1. The molecule has 0 aliphatic heterocycles. The first kappa shape index (κ1) is 19.2. The molecule has 1 rings (SSSR count). The number of benzene rings is 1. The van der Waals surface area contributed by atoms with E-state index in [2.05, 4.69) is 0 Å². The Labute approximate surface area is 130 Å². The van der Waals surface area contributed by atoms with Crippen molar-refractivity contribution < 1.29 is 36.2 Å². The number of carboxylic acid groups (broad SMARTS) is 1. The number of rotatable bonds is 5. The van der Waals surface area contributed by atoms with Crippen molar-refractivity contribution in [1.29, 1.82) is 5.26 Å². The van der Waals surface area contributed by atoms with Crippen LogP contribution in [-0.4, -0.2) is 28.7 Å². The first-order chi connectivity index (χ1) is 10.4. The van der Waals surface area contributed by atoms with Gasteiger partial charge in [0.25, 0.3) is 0 Å². The van der Waals surface area contributed by atoms with Gasteiger partial charge in [-0.3, -0.25) is 4.79 Å². The highest BCUT2D eigenvalue weighted by Gasteiger charge is 2.60. The van der Waals surface area contributed by atoms with Crippen LogP contribution in [0.25, 0.3) is 0 Å². The Morgan fingerprint density at radius 1 is 1.13 bits per heavy atom. The zero-order valence-electron chi connectivity index (χ0n) is 11.1. The smallest absolute Gasteiger partial charge is 0.401 e. The highest BCUT2D eigenvalue weighted by atomic mass is 32.2. The van der Waals surface area contributed by atoms with Gasteiger partial charge >= 0.3 is 18.3 Å². The van der Waals surface area contributed by atoms with E-state index in [4.69, 9.17) is 10.4 Å². The molecule has 126 valence electrons. The lowest BCUT2D eigenvalue weighted by molar-refractivity contribution is -0.283. The molecule has 0 spiro atoms. The van der Waals surface area contributed by atoms with E-state index in [1.807, 2.05) is 0 Å². The highest BCUT2D eigenvalue weighted by molar-refractivity contribution is 8.00. The lowest BCUT2D eigenvalue weighted by Gasteiger charge is -2.29. The van der Waals surface area contributed by atoms with Crippen molar-refractivity contribution in [2.24, 2.45) is 5.92 Å². The molecule has 1 atom stereocenters. The number of hydrogen-bond donors (Lipinski definition) is 1. The van der Waals surface area contributed by atoms with Crippen molar-refractivity contribution >= 4 is 17.7 Å². The van der Waals surface area contributed by atoms with Crippen LogP contribution in [0, 0.1) is 17.2 Å². The Morgan fingerprint density at radius 3 is 1.96 bits per heavy atom. The number of nitriles is 1. The molecule has 1 N–H and O–H groups in total. The number of nitrogens with zero attached hydrogens (tertiary/aromatic N) is 1. The van der Waals surface area contributed by atoms with Crippen molar-refractivity contribution in [1.82, 2.24) is 0 Å². The summed E-state index contributed by atoms with van der Waals surface area (Å²) < 4.78 is 76.6. The molecular weight excluding hydrogens is 348 g/mol. The largest absolute Gasteiger partial charge is 0.481 e. The number of aliphatic carboxylic acids is 1. The molecular formula is C13H9F6NO2S. The molecule has 0 saturated heterocycles. The minimum absolute atomic E-state index is 0.00810. The standard InChI is InChI=1S/C13H9F6NO2S/c14-12(15,16)11(13(17,18)19)9(5-10(21)22)23-8-3-1-7(6-20)2-4-8/h1-4,9,11H,5H2,(H,21,22). The second kappa shape index (κ2) is 7.12.